The summed E-state index contributed by atoms with van der Waals surface area (Å²) in [6.07, 6.45) is 0.160. The zero-order valence-corrected chi connectivity index (χ0v) is 18.0. The van der Waals surface area contributed by atoms with Gasteiger partial charge in [-0.2, -0.15) is 0 Å². The van der Waals surface area contributed by atoms with Crippen LogP contribution in [-0.4, -0.2) is 17.2 Å². The van der Waals surface area contributed by atoms with Gasteiger partial charge in [-0.15, -0.1) is 0 Å². The van der Waals surface area contributed by atoms with Crippen LogP contribution in [0.4, 0.5) is 0 Å². The van der Waals surface area contributed by atoms with Crippen LogP contribution >= 0.6 is 22.6 Å². The number of alkyl halides is 1. The zero-order valence-electron chi connectivity index (χ0n) is 14.8. The fraction of sp³-hybridized carbons (Fsp3) is 0.667. The lowest BCUT2D eigenvalue weighted by atomic mass is 10.1. The van der Waals surface area contributed by atoms with Gasteiger partial charge >= 0.3 is 0 Å². The van der Waals surface area contributed by atoms with Gasteiger partial charge in [0.05, 0.1) is 19.8 Å². The fourth-order valence-electron chi connectivity index (χ4n) is 2.11. The first kappa shape index (κ1) is 19.2. The summed E-state index contributed by atoms with van der Waals surface area (Å²) in [5, 5.41) is 0.354. The van der Waals surface area contributed by atoms with Crippen LogP contribution in [0.5, 0.6) is 0 Å². The molecule has 0 aromatic heterocycles. The molecule has 0 heterocycles. The Morgan fingerprint density at radius 2 is 1.43 bits per heavy atom. The number of hydrogen-bond acceptors (Lipinski definition) is 1. The van der Waals surface area contributed by atoms with E-state index in [9.17, 15) is 0 Å². The molecule has 0 aliphatic heterocycles. The van der Waals surface area contributed by atoms with Crippen molar-refractivity contribution in [2.75, 3.05) is 0 Å². The van der Waals surface area contributed by atoms with Crippen LogP contribution in [0.25, 0.3) is 0 Å². The Morgan fingerprint density at radius 1 is 0.952 bits per heavy atom. The molecular formula is C18H31IOSi. The van der Waals surface area contributed by atoms with Crippen molar-refractivity contribution in [2.24, 2.45) is 0 Å². The highest BCUT2D eigenvalue weighted by Gasteiger charge is 2.45. The summed E-state index contributed by atoms with van der Waals surface area (Å²) in [5.74, 6) is 0. The normalized spacial score (nSPS) is 16.6. The molecule has 1 rings (SSSR count). The number of hydrogen-bond donors (Lipinski definition) is 0. The molecule has 3 heteroatoms. The molecule has 0 radical (unpaired) electrons. The molecule has 1 aromatic rings. The summed E-state index contributed by atoms with van der Waals surface area (Å²) in [4.78, 5) is 0. The minimum Gasteiger partial charge on any atom is -0.367 e. The molecule has 0 aliphatic carbocycles. The van der Waals surface area contributed by atoms with E-state index in [-0.39, 0.29) is 11.7 Å². The molecule has 0 aliphatic rings. The Kier molecular flexibility index (Phi) is 6.13. The molecule has 0 unspecified atom stereocenters. The van der Waals surface area contributed by atoms with Crippen molar-refractivity contribution >= 4 is 30.7 Å². The highest BCUT2D eigenvalue weighted by molar-refractivity contribution is 14.1. The minimum absolute atomic E-state index is 0.133. The quantitative estimate of drug-likeness (QED) is 0.313. The summed E-state index contributed by atoms with van der Waals surface area (Å²) in [6, 6.07) is 10.7. The first-order valence-corrected chi connectivity index (χ1v) is 12.1. The Balaban J connectivity index is 3.19. The summed E-state index contributed by atoms with van der Waals surface area (Å²) < 4.78 is 7.02. The van der Waals surface area contributed by atoms with Crippen molar-refractivity contribution in [1.29, 1.82) is 0 Å². The molecule has 0 fully saturated rings. The Hall–Kier alpha value is 0.127. The molecule has 2 atom stereocenters. The summed E-state index contributed by atoms with van der Waals surface area (Å²) >= 11 is 2.65. The van der Waals surface area contributed by atoms with E-state index in [0.717, 1.165) is 0 Å². The fourth-order valence-corrected chi connectivity index (χ4v) is 7.32. The van der Waals surface area contributed by atoms with Crippen LogP contribution < -0.4 is 0 Å². The van der Waals surface area contributed by atoms with Crippen molar-refractivity contribution in [3.05, 3.63) is 35.9 Å². The van der Waals surface area contributed by atoms with Crippen molar-refractivity contribution in [2.45, 2.75) is 74.9 Å². The van der Waals surface area contributed by atoms with Crippen LogP contribution in [0, 0.1) is 0 Å². The van der Waals surface area contributed by atoms with Gasteiger partial charge in [-0.3, -0.25) is 0 Å². The van der Waals surface area contributed by atoms with Crippen molar-refractivity contribution in [1.82, 2.24) is 0 Å². The second-order valence-corrected chi connectivity index (χ2v) is 16.5. The molecule has 0 spiro atoms. The predicted molar refractivity (Wildman–Crippen MR) is 105 cm³/mol. The van der Waals surface area contributed by atoms with E-state index in [0.29, 0.717) is 8.59 Å². The lowest BCUT2D eigenvalue weighted by molar-refractivity contribution is -0.0544. The van der Waals surface area contributed by atoms with Gasteiger partial charge in [0, 0.05) is 3.55 Å². The lowest BCUT2D eigenvalue weighted by Crippen LogP contribution is -2.50. The Labute approximate surface area is 146 Å². The standard InChI is InChI=1S/C18H31IOSi/c1-17(2,3)20-15(14-12-10-9-11-13-14)16(19)21(7,8)18(4,5)6/h9-13,15-16H,1-8H3/t15-,16+/m1/s1. The first-order chi connectivity index (χ1) is 9.36. The van der Waals surface area contributed by atoms with Crippen LogP contribution in [0.2, 0.25) is 18.1 Å². The second-order valence-electron chi connectivity index (χ2n) is 8.43. The summed E-state index contributed by atoms with van der Waals surface area (Å²) in [5.41, 5.74) is 1.17. The number of halogens is 1. The smallest absolute Gasteiger partial charge is 0.0924 e. The van der Waals surface area contributed by atoms with E-state index in [4.69, 9.17) is 4.74 Å². The van der Waals surface area contributed by atoms with Gasteiger partial charge in [-0.1, -0.05) is 86.8 Å². The second kappa shape index (κ2) is 6.71. The van der Waals surface area contributed by atoms with Crippen molar-refractivity contribution < 1.29 is 4.74 Å². The van der Waals surface area contributed by atoms with E-state index >= 15 is 0 Å². The molecule has 0 bridgehead atoms. The minimum atomic E-state index is -1.49. The molecule has 1 nitrogen and oxygen atoms in total. The van der Waals surface area contributed by atoms with E-state index in [2.05, 4.69) is 108 Å². The van der Waals surface area contributed by atoms with Gasteiger partial charge in [0.25, 0.3) is 0 Å². The molecule has 0 saturated heterocycles. The zero-order chi connectivity index (χ0) is 16.5. The monoisotopic (exact) mass is 418 g/mol. The van der Waals surface area contributed by atoms with Gasteiger partial charge in [0.1, 0.15) is 0 Å². The largest absolute Gasteiger partial charge is 0.367 e. The number of ether oxygens (including phenoxy) is 1. The maximum absolute atomic E-state index is 6.49. The number of rotatable bonds is 4. The topological polar surface area (TPSA) is 9.23 Å². The molecular weight excluding hydrogens is 387 g/mol. The summed E-state index contributed by atoms with van der Waals surface area (Å²) in [6.45, 7) is 18.6. The van der Waals surface area contributed by atoms with E-state index in [1.165, 1.54) is 5.56 Å². The first-order valence-electron chi connectivity index (χ1n) is 7.73. The van der Waals surface area contributed by atoms with Crippen LogP contribution in [0.15, 0.2) is 30.3 Å². The highest BCUT2D eigenvalue weighted by Crippen LogP contribution is 2.46. The van der Waals surface area contributed by atoms with Crippen LogP contribution in [0.3, 0.4) is 0 Å². The Bertz CT molecular complexity index is 443. The highest BCUT2D eigenvalue weighted by atomic mass is 127. The van der Waals surface area contributed by atoms with Crippen molar-refractivity contribution in [3.8, 4) is 0 Å². The lowest BCUT2D eigenvalue weighted by Gasteiger charge is -2.45. The van der Waals surface area contributed by atoms with Gasteiger partial charge in [-0.05, 0) is 31.4 Å². The van der Waals surface area contributed by atoms with Crippen LogP contribution in [0.1, 0.15) is 53.2 Å². The molecule has 0 saturated carbocycles. The number of benzene rings is 1. The Morgan fingerprint density at radius 3 is 1.81 bits per heavy atom. The van der Waals surface area contributed by atoms with E-state index in [1.54, 1.807) is 0 Å². The van der Waals surface area contributed by atoms with E-state index in [1.807, 2.05) is 0 Å². The van der Waals surface area contributed by atoms with Gasteiger partial charge in [0.2, 0.25) is 0 Å². The third-order valence-corrected chi connectivity index (χ3v) is 15.4. The average molecular weight is 418 g/mol. The molecule has 120 valence electrons. The maximum Gasteiger partial charge on any atom is 0.0924 e. The molecule has 21 heavy (non-hydrogen) atoms. The molecule has 0 amide bonds. The molecule has 1 aromatic carbocycles. The maximum atomic E-state index is 6.49. The summed E-state index contributed by atoms with van der Waals surface area (Å²) in [7, 11) is -1.49. The SMILES string of the molecule is CC(C)(C)O[C@H](c1ccccc1)[C@@H](I)[Si](C)(C)C(C)(C)C. The van der Waals surface area contributed by atoms with Crippen LogP contribution in [-0.2, 0) is 4.74 Å². The molecule has 0 N–H and O–H groups in total. The van der Waals surface area contributed by atoms with E-state index < -0.39 is 8.07 Å². The predicted octanol–water partition coefficient (Wildman–Crippen LogP) is 6.39. The van der Waals surface area contributed by atoms with Gasteiger partial charge in [0.15, 0.2) is 0 Å². The third kappa shape index (κ3) is 5.07. The van der Waals surface area contributed by atoms with Gasteiger partial charge in [-0.25, -0.2) is 0 Å². The third-order valence-electron chi connectivity index (χ3n) is 4.50. The van der Waals surface area contributed by atoms with Gasteiger partial charge < -0.3 is 4.74 Å². The van der Waals surface area contributed by atoms with Crippen molar-refractivity contribution in [3.63, 3.8) is 0 Å². The average Bonchev–Trinajstić information content (AvgIpc) is 2.33.